The molecule has 0 saturated heterocycles. The van der Waals surface area contributed by atoms with Crippen LogP contribution in [0.15, 0.2) is 89.8 Å². The predicted molar refractivity (Wildman–Crippen MR) is 333 cm³/mol. The van der Waals surface area contributed by atoms with Gasteiger partial charge >= 0.3 is 59.1 Å². The molecule has 2 aromatic heterocycles. The van der Waals surface area contributed by atoms with Gasteiger partial charge < -0.3 is 99.0 Å². The van der Waals surface area contributed by atoms with Crippen molar-refractivity contribution in [3.63, 3.8) is 0 Å². The van der Waals surface area contributed by atoms with Crippen molar-refractivity contribution in [2.75, 3.05) is 164 Å². The summed E-state index contributed by atoms with van der Waals surface area (Å²) in [6.07, 6.45) is 4.02. The van der Waals surface area contributed by atoms with Crippen molar-refractivity contribution >= 4 is 103 Å². The first-order valence-electron chi connectivity index (χ1n) is 28.2. The second-order valence-corrected chi connectivity index (χ2v) is 21.9. The van der Waals surface area contributed by atoms with E-state index in [4.69, 9.17) is 37.5 Å². The Kier molecular flexibility index (Phi) is 38.2. The third kappa shape index (κ3) is 28.8. The molecule has 2 unspecified atom stereocenters. The van der Waals surface area contributed by atoms with Crippen molar-refractivity contribution in [2.24, 2.45) is 0 Å². The van der Waals surface area contributed by atoms with Gasteiger partial charge in [-0.05, 0) is 79.1 Å². The maximum atomic E-state index is 13.3. The van der Waals surface area contributed by atoms with Crippen LogP contribution in [0.3, 0.4) is 0 Å². The van der Waals surface area contributed by atoms with E-state index >= 15 is 0 Å². The van der Waals surface area contributed by atoms with Crippen LogP contribution in [-0.4, -0.2) is 227 Å². The Hall–Kier alpha value is -5.27. The van der Waals surface area contributed by atoms with Gasteiger partial charge in [-0.15, -0.1) is 0 Å². The second-order valence-electron chi connectivity index (χ2n) is 18.8. The number of aliphatic hydroxyl groups is 6. The van der Waals surface area contributed by atoms with E-state index in [1.54, 1.807) is 12.1 Å². The van der Waals surface area contributed by atoms with E-state index in [2.05, 4.69) is 61.8 Å². The summed E-state index contributed by atoms with van der Waals surface area (Å²) in [5.41, 5.74) is 2.92. The number of aromatic nitrogens is 6. The van der Waals surface area contributed by atoms with Gasteiger partial charge in [0.05, 0.1) is 84.2 Å². The zero-order chi connectivity index (χ0) is 64.4. The second kappa shape index (κ2) is 44.4. The molecule has 92 heavy (non-hydrogen) atoms. The van der Waals surface area contributed by atoms with Crippen LogP contribution in [0.5, 0.6) is 11.5 Å². The molecule has 0 radical (unpaired) electrons. The molecule has 0 aliphatic carbocycles. The normalized spacial score (nSPS) is 12.1. The van der Waals surface area contributed by atoms with Gasteiger partial charge in [0.1, 0.15) is 34.2 Å². The molecule has 0 aliphatic heterocycles. The van der Waals surface area contributed by atoms with Crippen LogP contribution in [0.4, 0.5) is 58.4 Å². The molecule has 0 saturated carbocycles. The molecular formula is C55H74N14Na2O18S3. The zero-order valence-electron chi connectivity index (χ0n) is 50.9. The van der Waals surface area contributed by atoms with E-state index in [1.807, 2.05) is 29.2 Å². The van der Waals surface area contributed by atoms with Crippen LogP contribution < -0.4 is 99.4 Å². The molecule has 12 N–H and O–H groups in total. The van der Waals surface area contributed by atoms with Crippen LogP contribution in [0.1, 0.15) is 29.5 Å². The number of nitrogens with one attached hydrogen (secondary N) is 6. The summed E-state index contributed by atoms with van der Waals surface area (Å²) in [5.74, 6) is 0.115. The third-order valence-electron chi connectivity index (χ3n) is 12.2. The minimum Gasteiger partial charge on any atom is -0.740 e. The summed E-state index contributed by atoms with van der Waals surface area (Å²) >= 11 is -6.13. The molecule has 2 atom stereocenters. The van der Waals surface area contributed by atoms with Crippen molar-refractivity contribution in [1.29, 1.82) is 0 Å². The average molecular weight is 1360 g/mol. The summed E-state index contributed by atoms with van der Waals surface area (Å²) in [5, 5.41) is 74.1. The Morgan fingerprint density at radius 3 is 1.20 bits per heavy atom. The van der Waals surface area contributed by atoms with Crippen LogP contribution in [0.25, 0.3) is 12.2 Å². The smallest absolute Gasteiger partial charge is 0.740 e. The monoisotopic (exact) mass is 1360 g/mol. The Morgan fingerprint density at radius 2 is 0.815 bits per heavy atom. The first-order chi connectivity index (χ1) is 43.7. The molecule has 0 bridgehead atoms. The van der Waals surface area contributed by atoms with Crippen LogP contribution in [0, 0.1) is 0 Å². The summed E-state index contributed by atoms with van der Waals surface area (Å²) in [7, 11) is -4.07. The van der Waals surface area contributed by atoms with Gasteiger partial charge in [-0.25, -0.2) is 16.8 Å². The van der Waals surface area contributed by atoms with Crippen molar-refractivity contribution < 1.29 is 143 Å². The minimum atomic E-state index is -4.07. The van der Waals surface area contributed by atoms with Gasteiger partial charge in [0.2, 0.25) is 45.7 Å². The van der Waals surface area contributed by atoms with Crippen LogP contribution in [-0.2, 0) is 58.2 Å². The molecule has 4 aromatic carbocycles. The van der Waals surface area contributed by atoms with E-state index in [0.29, 0.717) is 102 Å². The number of benzene rings is 4. The van der Waals surface area contributed by atoms with Crippen molar-refractivity contribution in [1.82, 2.24) is 39.1 Å². The number of aliphatic hydroxyl groups excluding tert-OH is 6. The topological polar surface area (TPSA) is 447 Å². The van der Waals surface area contributed by atoms with E-state index < -0.39 is 46.0 Å². The van der Waals surface area contributed by atoms with Crippen LogP contribution in [0.2, 0.25) is 0 Å². The minimum absolute atomic E-state index is 0. The maximum absolute atomic E-state index is 13.3. The largest absolute Gasteiger partial charge is 1.00 e. The maximum Gasteiger partial charge on any atom is 1.00 e. The van der Waals surface area contributed by atoms with Crippen molar-refractivity contribution in [3.8, 4) is 11.5 Å². The average Bonchev–Trinajstić information content (AvgIpc) is 0.921. The van der Waals surface area contributed by atoms with Crippen LogP contribution >= 0.6 is 0 Å². The van der Waals surface area contributed by atoms with E-state index in [0.717, 1.165) is 9.87 Å². The fraction of sp³-hybridized carbons (Fsp3) is 0.418. The number of rotatable bonds is 46. The summed E-state index contributed by atoms with van der Waals surface area (Å²) in [6, 6.07) is 22.0. The number of nitrogens with zero attached hydrogens (tertiary/aromatic N) is 8. The molecule has 0 amide bonds. The number of anilines is 10. The fourth-order valence-corrected chi connectivity index (χ4v) is 10.1. The summed E-state index contributed by atoms with van der Waals surface area (Å²) in [4.78, 5) is 28.9. The molecule has 6 rings (SSSR count). The summed E-state index contributed by atoms with van der Waals surface area (Å²) in [6.45, 7) is 2.85. The predicted octanol–water partition coefficient (Wildman–Crippen LogP) is -4.03. The molecule has 492 valence electrons. The van der Waals surface area contributed by atoms with Gasteiger partial charge in [0.25, 0.3) is 0 Å². The van der Waals surface area contributed by atoms with Gasteiger partial charge in [-0.3, -0.25) is 4.90 Å². The Labute approximate surface area is 581 Å². The molecule has 6 aromatic rings. The van der Waals surface area contributed by atoms with Crippen molar-refractivity contribution in [2.45, 2.75) is 24.3 Å². The molecule has 32 nitrogen and oxygen atoms in total. The molecular weight excluding hydrogens is 1290 g/mol. The molecule has 2 heterocycles. The SMILES string of the molecule is O=S([O-])Oc1cc(Nc2nc(NCCCOCCOCCO)nc(Nc3ccc(CN(CCO)CCO)cc3)n2)ccc1/C=C/c1ccc(Nc2nc(NCCCOCCOCCO)nc(Nc3ccc(S(=O)(=O)N(CCO)CCO)cc3)n2)cc1OS(=O)[O-].[Na+].[Na+]. The Morgan fingerprint density at radius 1 is 0.457 bits per heavy atom. The summed E-state index contributed by atoms with van der Waals surface area (Å²) < 4.78 is 108. The number of sulfonamides is 1. The van der Waals surface area contributed by atoms with Gasteiger partial charge in [0, 0.05) is 105 Å². The Balaban J connectivity index is 0.00000902. The van der Waals surface area contributed by atoms with Crippen molar-refractivity contribution in [3.05, 3.63) is 102 Å². The van der Waals surface area contributed by atoms with Gasteiger partial charge in [-0.1, -0.05) is 24.3 Å². The number of hydrogen-bond acceptors (Lipinski definition) is 31. The van der Waals surface area contributed by atoms with Gasteiger partial charge in [-0.2, -0.15) is 34.2 Å². The molecule has 0 fully saturated rings. The zero-order valence-corrected chi connectivity index (χ0v) is 57.3. The van der Waals surface area contributed by atoms with E-state index in [-0.39, 0.29) is 181 Å². The fourth-order valence-electron chi connectivity index (χ4n) is 8.08. The molecule has 37 heteroatoms. The quantitative estimate of drug-likeness (QED) is 0.00749. The standard InChI is InChI=1S/C55H76N14O18S3.2Na/c70-23-19-68(20-24-71)39-40-3-9-43(10-4-40)58-52-62-50(56-17-1-29-82-33-35-84-31-27-74)64-54(66-52)60-45-11-7-41(48(37-45)86-88(76)77)5-6-42-8-12-46(38-49(42)87-89(78)79)61-55-65-51(57-18-2-30-83-34-36-85-32-28-75)63-53(67-55)59-44-13-15-47(16-14-44)90(80,81)69(21-25-72)22-26-73;;/h3-16,37-38,70-75H,1-2,17-36,39H2,(H,76,77)(H,78,79)(H3,56,58,60,62,64,66)(H3,57,59,61,63,65,67);;/q;2*+1/p-2/b6-5+;;. The molecule has 0 aliphatic rings. The number of hydrogen-bond donors (Lipinski definition) is 12. The van der Waals surface area contributed by atoms with E-state index in [9.17, 15) is 46.4 Å². The van der Waals surface area contributed by atoms with Gasteiger partial charge in [0.15, 0.2) is 0 Å². The first-order valence-corrected chi connectivity index (χ1v) is 31.6. The Bertz CT molecular complexity index is 3300. The molecule has 0 spiro atoms. The first kappa shape index (κ1) is 79.2. The van der Waals surface area contributed by atoms with E-state index in [1.165, 1.54) is 60.7 Å². The third-order valence-corrected chi connectivity index (χ3v) is 14.7. The number of ether oxygens (including phenoxy) is 4.